The number of thioether (sulfide) groups is 1. The molecule has 0 radical (unpaired) electrons. The first-order valence-electron chi connectivity index (χ1n) is 9.89. The van der Waals surface area contributed by atoms with Gasteiger partial charge in [0.2, 0.25) is 0 Å². The molecule has 0 saturated carbocycles. The number of nitrogens with zero attached hydrogens (tertiary/aromatic N) is 2. The molecule has 7 heteroatoms. The van der Waals surface area contributed by atoms with E-state index in [9.17, 15) is 14.7 Å². The second kappa shape index (κ2) is 7.41. The van der Waals surface area contributed by atoms with Crippen molar-refractivity contribution in [2.24, 2.45) is 4.99 Å². The van der Waals surface area contributed by atoms with Crippen molar-refractivity contribution >= 4 is 34.4 Å². The van der Waals surface area contributed by atoms with Crippen molar-refractivity contribution in [3.8, 4) is 0 Å². The number of fused-ring (bicyclic) bond motifs is 2. The summed E-state index contributed by atoms with van der Waals surface area (Å²) in [6.07, 6.45) is 1.29. The average molecular weight is 420 g/mol. The monoisotopic (exact) mass is 420 g/mol. The van der Waals surface area contributed by atoms with Gasteiger partial charge in [-0.05, 0) is 23.4 Å². The molecule has 0 unspecified atom stereocenters. The molecule has 1 amide bonds. The molecule has 1 N–H and O–H groups in total. The van der Waals surface area contributed by atoms with Crippen LogP contribution in [0.15, 0.2) is 64.5 Å². The summed E-state index contributed by atoms with van der Waals surface area (Å²) in [7, 11) is 0. The van der Waals surface area contributed by atoms with Crippen molar-refractivity contribution in [3.05, 3.63) is 76.2 Å². The molecule has 3 heterocycles. The Morgan fingerprint density at radius 2 is 1.77 bits per heavy atom. The maximum Gasteiger partial charge on any atom is 0.339 e. The number of aliphatic hydroxyl groups is 1. The SMILES string of the molecule is O=C1N=C(N2CCC3(CC2)OC(=O)c2ccccc23)SC1=C(CO)c1ccccc1. The Balaban J connectivity index is 1.35. The number of carbonyl (C=O) groups excluding carboxylic acids is 2. The van der Waals surface area contributed by atoms with Gasteiger partial charge in [0.1, 0.15) is 5.60 Å². The molecular weight excluding hydrogens is 400 g/mol. The van der Waals surface area contributed by atoms with Crippen molar-refractivity contribution in [2.75, 3.05) is 19.7 Å². The second-order valence-corrected chi connectivity index (χ2v) is 8.53. The van der Waals surface area contributed by atoms with E-state index in [1.165, 1.54) is 11.8 Å². The highest BCUT2D eigenvalue weighted by Crippen LogP contribution is 2.45. The summed E-state index contributed by atoms with van der Waals surface area (Å²) in [4.78, 5) is 31.6. The Morgan fingerprint density at radius 3 is 2.50 bits per heavy atom. The van der Waals surface area contributed by atoms with E-state index >= 15 is 0 Å². The molecule has 1 fully saturated rings. The van der Waals surface area contributed by atoms with Crippen LogP contribution in [-0.4, -0.2) is 46.7 Å². The normalized spacial score (nSPS) is 21.5. The van der Waals surface area contributed by atoms with Crippen molar-refractivity contribution in [1.82, 2.24) is 4.90 Å². The van der Waals surface area contributed by atoms with Gasteiger partial charge in [-0.15, -0.1) is 0 Å². The highest BCUT2D eigenvalue weighted by atomic mass is 32.2. The zero-order chi connectivity index (χ0) is 20.7. The molecule has 0 atom stereocenters. The Hall–Kier alpha value is -2.90. The predicted molar refractivity (Wildman–Crippen MR) is 115 cm³/mol. The zero-order valence-corrected chi connectivity index (χ0v) is 17.0. The van der Waals surface area contributed by atoms with Gasteiger partial charge in [0.05, 0.1) is 17.1 Å². The van der Waals surface area contributed by atoms with E-state index in [2.05, 4.69) is 9.89 Å². The zero-order valence-electron chi connectivity index (χ0n) is 16.2. The number of ether oxygens (including phenoxy) is 1. The summed E-state index contributed by atoms with van der Waals surface area (Å²) < 4.78 is 5.81. The summed E-state index contributed by atoms with van der Waals surface area (Å²) in [5, 5.41) is 10.5. The van der Waals surface area contributed by atoms with Crippen LogP contribution in [0.1, 0.15) is 34.3 Å². The molecule has 6 nitrogen and oxygen atoms in total. The predicted octanol–water partition coefficient (Wildman–Crippen LogP) is 3.18. The number of piperidine rings is 1. The number of amides is 1. The van der Waals surface area contributed by atoms with Gasteiger partial charge >= 0.3 is 5.97 Å². The van der Waals surface area contributed by atoms with Crippen molar-refractivity contribution in [2.45, 2.75) is 18.4 Å². The molecule has 0 aliphatic carbocycles. The van der Waals surface area contributed by atoms with Crippen LogP contribution < -0.4 is 0 Å². The molecule has 2 aromatic carbocycles. The first-order chi connectivity index (χ1) is 14.6. The molecular formula is C23H20N2O4S. The molecule has 0 bridgehead atoms. The number of rotatable bonds is 2. The Labute approximate surface area is 178 Å². The molecule has 152 valence electrons. The molecule has 5 rings (SSSR count). The number of aliphatic imine (C=N–C) groups is 1. The minimum Gasteiger partial charge on any atom is -0.450 e. The summed E-state index contributed by atoms with van der Waals surface area (Å²) in [5.74, 6) is -0.580. The Morgan fingerprint density at radius 1 is 1.07 bits per heavy atom. The van der Waals surface area contributed by atoms with E-state index in [0.29, 0.717) is 47.1 Å². The van der Waals surface area contributed by atoms with Crippen molar-refractivity contribution in [3.63, 3.8) is 0 Å². The maximum absolute atomic E-state index is 12.6. The summed E-state index contributed by atoms with van der Waals surface area (Å²) in [6, 6.07) is 17.0. The van der Waals surface area contributed by atoms with Crippen LogP contribution in [0.5, 0.6) is 0 Å². The van der Waals surface area contributed by atoms with Gasteiger partial charge < -0.3 is 14.7 Å². The average Bonchev–Trinajstić information content (AvgIpc) is 3.29. The molecule has 0 aromatic heterocycles. The maximum atomic E-state index is 12.6. The highest BCUT2D eigenvalue weighted by Gasteiger charge is 2.48. The van der Waals surface area contributed by atoms with E-state index in [1.807, 2.05) is 54.6 Å². The smallest absolute Gasteiger partial charge is 0.339 e. The van der Waals surface area contributed by atoms with Gasteiger partial charge in [-0.1, -0.05) is 48.5 Å². The quantitative estimate of drug-likeness (QED) is 0.594. The van der Waals surface area contributed by atoms with Crippen LogP contribution in [-0.2, 0) is 15.1 Å². The second-order valence-electron chi connectivity index (χ2n) is 7.55. The third-order valence-electron chi connectivity index (χ3n) is 5.91. The van der Waals surface area contributed by atoms with Crippen LogP contribution >= 0.6 is 11.8 Å². The number of benzene rings is 2. The van der Waals surface area contributed by atoms with Gasteiger partial charge in [-0.25, -0.2) is 4.79 Å². The molecule has 1 spiro atoms. The van der Waals surface area contributed by atoms with Crippen LogP contribution in [0, 0.1) is 0 Å². The van der Waals surface area contributed by atoms with E-state index in [0.717, 1.165) is 11.1 Å². The molecule has 3 aliphatic heterocycles. The lowest BCUT2D eigenvalue weighted by atomic mass is 9.84. The lowest BCUT2D eigenvalue weighted by Crippen LogP contribution is -2.44. The fraction of sp³-hybridized carbons (Fsp3) is 0.261. The van der Waals surface area contributed by atoms with E-state index in [4.69, 9.17) is 4.74 Å². The minimum absolute atomic E-state index is 0.225. The molecule has 2 aromatic rings. The standard InChI is InChI=1S/C23H20N2O4S/c26-14-17(15-6-2-1-3-7-15)19-20(27)24-22(30-19)25-12-10-23(11-13-25)18-9-5-4-8-16(18)21(28)29-23/h1-9,26H,10-14H2. The number of amidine groups is 1. The summed E-state index contributed by atoms with van der Waals surface area (Å²) in [5.41, 5.74) is 2.43. The number of carbonyl (C=O) groups is 2. The fourth-order valence-electron chi connectivity index (χ4n) is 4.33. The number of hydrogen-bond acceptors (Lipinski definition) is 6. The van der Waals surface area contributed by atoms with Crippen LogP contribution in [0.4, 0.5) is 0 Å². The van der Waals surface area contributed by atoms with Gasteiger partial charge in [0.15, 0.2) is 5.17 Å². The molecule has 1 saturated heterocycles. The summed E-state index contributed by atoms with van der Waals surface area (Å²) in [6.45, 7) is 1.04. The van der Waals surface area contributed by atoms with Gasteiger partial charge in [0, 0.05) is 37.1 Å². The van der Waals surface area contributed by atoms with Gasteiger partial charge in [0.25, 0.3) is 5.91 Å². The Kier molecular flexibility index (Phi) is 4.72. The minimum atomic E-state index is -0.586. The molecule has 3 aliphatic rings. The first kappa shape index (κ1) is 19.1. The van der Waals surface area contributed by atoms with E-state index in [-0.39, 0.29) is 18.5 Å². The van der Waals surface area contributed by atoms with E-state index < -0.39 is 5.60 Å². The fourth-order valence-corrected chi connectivity index (χ4v) is 5.39. The largest absolute Gasteiger partial charge is 0.450 e. The first-order valence-corrected chi connectivity index (χ1v) is 10.7. The van der Waals surface area contributed by atoms with Crippen LogP contribution in [0.2, 0.25) is 0 Å². The Bertz CT molecular complexity index is 1090. The van der Waals surface area contributed by atoms with Crippen LogP contribution in [0.25, 0.3) is 5.57 Å². The number of aliphatic hydroxyl groups excluding tert-OH is 1. The number of hydrogen-bond donors (Lipinski definition) is 1. The number of esters is 1. The lowest BCUT2D eigenvalue weighted by Gasteiger charge is -2.39. The third-order valence-corrected chi connectivity index (χ3v) is 7.06. The third kappa shape index (κ3) is 3.05. The highest BCUT2D eigenvalue weighted by molar-refractivity contribution is 8.18. The topological polar surface area (TPSA) is 79.2 Å². The summed E-state index contributed by atoms with van der Waals surface area (Å²) >= 11 is 1.31. The van der Waals surface area contributed by atoms with E-state index in [1.54, 1.807) is 0 Å². The van der Waals surface area contributed by atoms with Crippen LogP contribution in [0.3, 0.4) is 0 Å². The lowest BCUT2D eigenvalue weighted by molar-refractivity contribution is -0.113. The number of likely N-dealkylation sites (tertiary alicyclic amines) is 1. The molecule has 30 heavy (non-hydrogen) atoms. The van der Waals surface area contributed by atoms with Crippen molar-refractivity contribution in [1.29, 1.82) is 0 Å². The van der Waals surface area contributed by atoms with Crippen molar-refractivity contribution < 1.29 is 19.4 Å². The van der Waals surface area contributed by atoms with Gasteiger partial charge in [-0.3, -0.25) is 4.79 Å². The van der Waals surface area contributed by atoms with Gasteiger partial charge in [-0.2, -0.15) is 4.99 Å².